The third-order valence-electron chi connectivity index (χ3n) is 4.34. The molecule has 1 saturated heterocycles. The van der Waals surface area contributed by atoms with Gasteiger partial charge in [0.1, 0.15) is 5.69 Å². The lowest BCUT2D eigenvalue weighted by molar-refractivity contribution is 0.102. The van der Waals surface area contributed by atoms with E-state index in [-0.39, 0.29) is 5.91 Å². The van der Waals surface area contributed by atoms with E-state index >= 15 is 0 Å². The molecular weight excluding hydrogens is 334 g/mol. The number of nitrogens with one attached hydrogen (secondary N) is 1. The summed E-state index contributed by atoms with van der Waals surface area (Å²) in [5, 5.41) is 5.39. The van der Waals surface area contributed by atoms with Crippen molar-refractivity contribution in [2.45, 2.75) is 19.8 Å². The fraction of sp³-hybridized carbons (Fsp3) is 0.263. The summed E-state index contributed by atoms with van der Waals surface area (Å²) in [5.41, 5.74) is 3.51. The molecule has 0 atom stereocenters. The van der Waals surface area contributed by atoms with Crippen LogP contribution in [0.1, 0.15) is 28.8 Å². The maximum absolute atomic E-state index is 12.8. The van der Waals surface area contributed by atoms with Gasteiger partial charge in [0.15, 0.2) is 10.9 Å². The van der Waals surface area contributed by atoms with Crippen LogP contribution in [0, 0.1) is 6.92 Å². The molecule has 6 heteroatoms. The fourth-order valence-electron chi connectivity index (χ4n) is 3.10. The second-order valence-corrected chi connectivity index (χ2v) is 7.04. The highest BCUT2D eigenvalue weighted by Gasteiger charge is 2.20. The van der Waals surface area contributed by atoms with Crippen LogP contribution in [0.4, 0.5) is 10.8 Å². The molecule has 25 heavy (non-hydrogen) atoms. The van der Waals surface area contributed by atoms with Crippen molar-refractivity contribution in [3.05, 3.63) is 53.1 Å². The predicted octanol–water partition coefficient (Wildman–Crippen LogP) is 4.56. The lowest BCUT2D eigenvalue weighted by Crippen LogP contribution is -2.23. The number of aromatic nitrogens is 1. The van der Waals surface area contributed by atoms with Crippen LogP contribution in [0.25, 0.3) is 11.5 Å². The van der Waals surface area contributed by atoms with Gasteiger partial charge in [-0.25, -0.2) is 4.98 Å². The third kappa shape index (κ3) is 3.30. The number of hydrogen-bond acceptors (Lipinski definition) is 5. The first-order chi connectivity index (χ1) is 12.2. The van der Waals surface area contributed by atoms with E-state index in [1.54, 1.807) is 6.26 Å². The summed E-state index contributed by atoms with van der Waals surface area (Å²) in [4.78, 5) is 19.6. The van der Waals surface area contributed by atoms with E-state index in [0.717, 1.165) is 30.0 Å². The molecule has 5 nitrogen and oxygen atoms in total. The van der Waals surface area contributed by atoms with E-state index < -0.39 is 0 Å². The number of thiazole rings is 1. The number of aryl methyl sites for hydroxylation is 1. The van der Waals surface area contributed by atoms with Crippen LogP contribution in [0.5, 0.6) is 0 Å². The Hall–Kier alpha value is -2.60. The molecule has 0 saturated carbocycles. The smallest absolute Gasteiger partial charge is 0.259 e. The number of rotatable bonds is 4. The molecule has 2 aromatic heterocycles. The first-order valence-electron chi connectivity index (χ1n) is 8.37. The van der Waals surface area contributed by atoms with Crippen LogP contribution in [-0.2, 0) is 0 Å². The highest BCUT2D eigenvalue weighted by Crippen LogP contribution is 2.28. The van der Waals surface area contributed by atoms with E-state index in [9.17, 15) is 4.79 Å². The Bertz CT molecular complexity index is 880. The number of hydrogen-bond donors (Lipinski definition) is 1. The van der Waals surface area contributed by atoms with Gasteiger partial charge >= 0.3 is 0 Å². The van der Waals surface area contributed by atoms with Gasteiger partial charge in [0.05, 0.1) is 11.8 Å². The Kier molecular flexibility index (Phi) is 4.28. The van der Waals surface area contributed by atoms with Gasteiger partial charge in [0.2, 0.25) is 0 Å². The van der Waals surface area contributed by atoms with Gasteiger partial charge < -0.3 is 9.32 Å². The molecule has 1 fully saturated rings. The van der Waals surface area contributed by atoms with E-state index in [4.69, 9.17) is 4.42 Å². The minimum atomic E-state index is -0.119. The molecule has 0 unspecified atom stereocenters. The molecule has 1 aliphatic heterocycles. The fourth-order valence-corrected chi connectivity index (χ4v) is 3.79. The lowest BCUT2D eigenvalue weighted by Gasteiger charge is -2.21. The number of carbonyl (C=O) groups is 1. The summed E-state index contributed by atoms with van der Waals surface area (Å²) in [5.74, 6) is 0.580. The van der Waals surface area contributed by atoms with Gasteiger partial charge in [-0.1, -0.05) is 11.6 Å². The molecule has 0 radical (unpaired) electrons. The maximum Gasteiger partial charge on any atom is 0.259 e. The molecule has 128 valence electrons. The summed E-state index contributed by atoms with van der Waals surface area (Å²) in [7, 11) is 0. The molecule has 1 aliphatic rings. The molecule has 1 aromatic carbocycles. The second-order valence-electron chi connectivity index (χ2n) is 6.18. The molecule has 1 amide bonds. The Morgan fingerprint density at radius 1 is 1.28 bits per heavy atom. The summed E-state index contributed by atoms with van der Waals surface area (Å²) in [6.45, 7) is 4.01. The van der Waals surface area contributed by atoms with E-state index in [2.05, 4.69) is 21.3 Å². The average Bonchev–Trinajstić information content (AvgIpc) is 3.36. The molecule has 0 bridgehead atoms. The normalized spacial score (nSPS) is 14.0. The van der Waals surface area contributed by atoms with E-state index in [1.807, 2.05) is 36.6 Å². The van der Waals surface area contributed by atoms with Crippen molar-refractivity contribution >= 4 is 28.1 Å². The van der Waals surface area contributed by atoms with E-state index in [1.165, 1.54) is 24.2 Å². The molecule has 0 aliphatic carbocycles. The van der Waals surface area contributed by atoms with Crippen molar-refractivity contribution in [3.8, 4) is 11.5 Å². The number of nitrogens with zero attached hydrogens (tertiary/aromatic N) is 2. The van der Waals surface area contributed by atoms with Crippen LogP contribution in [-0.4, -0.2) is 24.0 Å². The standard InChI is InChI=1S/C19H19N3O2S/c1-13-6-7-16(22-8-2-3-9-22)14(11-13)18(23)21-19-20-15(12-25-19)17-5-4-10-24-17/h4-7,10-12H,2-3,8-9H2,1H3,(H,20,21,23). The highest BCUT2D eigenvalue weighted by atomic mass is 32.1. The van der Waals surface area contributed by atoms with Gasteiger partial charge in [-0.15, -0.1) is 11.3 Å². The number of amides is 1. The molecular formula is C19H19N3O2S. The zero-order valence-electron chi connectivity index (χ0n) is 14.0. The number of furan rings is 1. The molecule has 0 spiro atoms. The Morgan fingerprint density at radius 3 is 2.88 bits per heavy atom. The summed E-state index contributed by atoms with van der Waals surface area (Å²) < 4.78 is 5.35. The van der Waals surface area contributed by atoms with Crippen molar-refractivity contribution < 1.29 is 9.21 Å². The lowest BCUT2D eigenvalue weighted by atomic mass is 10.1. The van der Waals surface area contributed by atoms with Crippen molar-refractivity contribution in [2.24, 2.45) is 0 Å². The first kappa shape index (κ1) is 15.9. The largest absolute Gasteiger partial charge is 0.463 e. The van der Waals surface area contributed by atoms with Crippen LogP contribution in [0.2, 0.25) is 0 Å². The Balaban J connectivity index is 1.58. The zero-order valence-corrected chi connectivity index (χ0v) is 14.8. The van der Waals surface area contributed by atoms with Crippen LogP contribution in [0.3, 0.4) is 0 Å². The summed E-state index contributed by atoms with van der Waals surface area (Å²) >= 11 is 1.40. The SMILES string of the molecule is Cc1ccc(N2CCCC2)c(C(=O)Nc2nc(-c3ccco3)cs2)c1. The Morgan fingerprint density at radius 2 is 2.12 bits per heavy atom. The van der Waals surface area contributed by atoms with Gasteiger partial charge in [-0.3, -0.25) is 10.1 Å². The van der Waals surface area contributed by atoms with Crippen molar-refractivity contribution in [1.29, 1.82) is 0 Å². The topological polar surface area (TPSA) is 58.4 Å². The predicted molar refractivity (Wildman–Crippen MR) is 100 cm³/mol. The number of carbonyl (C=O) groups excluding carboxylic acids is 1. The van der Waals surface area contributed by atoms with Crippen molar-refractivity contribution in [3.63, 3.8) is 0 Å². The molecule has 3 heterocycles. The highest BCUT2D eigenvalue weighted by molar-refractivity contribution is 7.14. The Labute approximate surface area is 150 Å². The average molecular weight is 353 g/mol. The monoisotopic (exact) mass is 353 g/mol. The maximum atomic E-state index is 12.8. The minimum Gasteiger partial charge on any atom is -0.463 e. The summed E-state index contributed by atoms with van der Waals surface area (Å²) in [6.07, 6.45) is 3.96. The molecule has 1 N–H and O–H groups in total. The van der Waals surface area contributed by atoms with Crippen molar-refractivity contribution in [1.82, 2.24) is 4.98 Å². The van der Waals surface area contributed by atoms with Crippen LogP contribution < -0.4 is 10.2 Å². The van der Waals surface area contributed by atoms with Gasteiger partial charge in [0.25, 0.3) is 5.91 Å². The van der Waals surface area contributed by atoms with E-state index in [0.29, 0.717) is 16.5 Å². The van der Waals surface area contributed by atoms with Gasteiger partial charge in [0, 0.05) is 24.2 Å². The number of benzene rings is 1. The third-order valence-corrected chi connectivity index (χ3v) is 5.10. The molecule has 4 rings (SSSR count). The van der Waals surface area contributed by atoms with Gasteiger partial charge in [-0.2, -0.15) is 0 Å². The quantitative estimate of drug-likeness (QED) is 0.747. The minimum absolute atomic E-state index is 0.119. The van der Waals surface area contributed by atoms with Crippen molar-refractivity contribution in [2.75, 3.05) is 23.3 Å². The summed E-state index contributed by atoms with van der Waals surface area (Å²) in [6, 6.07) is 9.73. The van der Waals surface area contributed by atoms with Crippen LogP contribution >= 0.6 is 11.3 Å². The zero-order chi connectivity index (χ0) is 17.2. The molecule has 3 aromatic rings. The second kappa shape index (κ2) is 6.72. The van der Waals surface area contributed by atoms with Gasteiger partial charge in [-0.05, 0) is 44.0 Å². The van der Waals surface area contributed by atoms with Crippen LogP contribution in [0.15, 0.2) is 46.4 Å². The number of anilines is 2. The first-order valence-corrected chi connectivity index (χ1v) is 9.25.